The Morgan fingerprint density at radius 1 is 1.10 bits per heavy atom. The summed E-state index contributed by atoms with van der Waals surface area (Å²) in [6, 6.07) is 6.90. The first-order valence-corrected chi connectivity index (χ1v) is 6.54. The van der Waals surface area contributed by atoms with Crippen LogP contribution in [-0.2, 0) is 9.59 Å². The highest BCUT2D eigenvalue weighted by atomic mass is 16.4. The van der Waals surface area contributed by atoms with Gasteiger partial charge in [0.25, 0.3) is 0 Å². The average molecular weight is 278 g/mol. The SMILES string of the molecule is CC(C(=O)O)C(=O)N1CCN(c2ccc(O)cc2)CC1. The molecular weight excluding hydrogens is 260 g/mol. The number of nitrogens with zero attached hydrogens (tertiary/aromatic N) is 2. The molecule has 20 heavy (non-hydrogen) atoms. The summed E-state index contributed by atoms with van der Waals surface area (Å²) in [6.45, 7) is 3.75. The average Bonchev–Trinajstić information content (AvgIpc) is 2.46. The monoisotopic (exact) mass is 278 g/mol. The van der Waals surface area contributed by atoms with Gasteiger partial charge < -0.3 is 20.0 Å². The van der Waals surface area contributed by atoms with Gasteiger partial charge in [0.2, 0.25) is 5.91 Å². The second-order valence-electron chi connectivity index (χ2n) is 4.89. The number of carboxylic acids is 1. The van der Waals surface area contributed by atoms with Crippen LogP contribution in [0.3, 0.4) is 0 Å². The molecule has 1 amide bonds. The number of hydrogen-bond donors (Lipinski definition) is 2. The molecule has 0 aliphatic carbocycles. The van der Waals surface area contributed by atoms with Crippen molar-refractivity contribution in [1.29, 1.82) is 0 Å². The Balaban J connectivity index is 1.94. The first-order valence-electron chi connectivity index (χ1n) is 6.54. The van der Waals surface area contributed by atoms with Crippen molar-refractivity contribution in [2.45, 2.75) is 6.92 Å². The van der Waals surface area contributed by atoms with Gasteiger partial charge in [-0.1, -0.05) is 0 Å². The molecule has 1 unspecified atom stereocenters. The first kappa shape index (κ1) is 14.2. The van der Waals surface area contributed by atoms with E-state index < -0.39 is 11.9 Å². The Bertz CT molecular complexity index is 492. The second kappa shape index (κ2) is 5.81. The third kappa shape index (κ3) is 3.01. The van der Waals surface area contributed by atoms with Crippen molar-refractivity contribution < 1.29 is 19.8 Å². The topological polar surface area (TPSA) is 81.1 Å². The molecule has 1 fully saturated rings. The van der Waals surface area contributed by atoms with Crippen LogP contribution < -0.4 is 4.90 Å². The zero-order chi connectivity index (χ0) is 14.7. The van der Waals surface area contributed by atoms with Gasteiger partial charge in [-0.05, 0) is 31.2 Å². The van der Waals surface area contributed by atoms with Crippen molar-refractivity contribution in [1.82, 2.24) is 4.90 Å². The number of rotatable bonds is 3. The molecule has 0 bridgehead atoms. The van der Waals surface area contributed by atoms with Crippen LogP contribution in [0.1, 0.15) is 6.92 Å². The summed E-state index contributed by atoms with van der Waals surface area (Å²) in [5.41, 5.74) is 0.987. The molecule has 1 saturated heterocycles. The van der Waals surface area contributed by atoms with Crippen molar-refractivity contribution in [3.05, 3.63) is 24.3 Å². The van der Waals surface area contributed by atoms with Crippen molar-refractivity contribution in [3.8, 4) is 5.75 Å². The zero-order valence-corrected chi connectivity index (χ0v) is 11.3. The highest BCUT2D eigenvalue weighted by Crippen LogP contribution is 2.20. The molecular formula is C14H18N2O4. The third-order valence-corrected chi connectivity index (χ3v) is 3.55. The lowest BCUT2D eigenvalue weighted by atomic mass is 10.1. The molecule has 0 saturated carbocycles. The molecule has 6 heteroatoms. The summed E-state index contributed by atoms with van der Waals surface area (Å²) in [5, 5.41) is 18.1. The van der Waals surface area contributed by atoms with Gasteiger partial charge >= 0.3 is 5.97 Å². The van der Waals surface area contributed by atoms with Gasteiger partial charge in [0.05, 0.1) is 0 Å². The number of amides is 1. The van der Waals surface area contributed by atoms with Gasteiger partial charge in [-0.3, -0.25) is 9.59 Å². The number of piperazine rings is 1. The fourth-order valence-electron chi connectivity index (χ4n) is 2.23. The van der Waals surface area contributed by atoms with E-state index in [1.165, 1.54) is 6.92 Å². The summed E-state index contributed by atoms with van der Waals surface area (Å²) < 4.78 is 0. The number of carbonyl (C=O) groups is 2. The van der Waals surface area contributed by atoms with E-state index in [1.807, 2.05) is 12.1 Å². The Labute approximate surface area is 117 Å². The molecule has 1 aromatic carbocycles. The number of aromatic hydroxyl groups is 1. The van der Waals surface area contributed by atoms with E-state index in [0.29, 0.717) is 26.2 Å². The van der Waals surface area contributed by atoms with Crippen molar-refractivity contribution in [2.24, 2.45) is 5.92 Å². The van der Waals surface area contributed by atoms with Gasteiger partial charge in [-0.25, -0.2) is 0 Å². The minimum atomic E-state index is -1.09. The molecule has 2 N–H and O–H groups in total. The summed E-state index contributed by atoms with van der Waals surface area (Å²) in [4.78, 5) is 26.4. The normalized spacial score (nSPS) is 16.9. The van der Waals surface area contributed by atoms with Crippen molar-refractivity contribution in [3.63, 3.8) is 0 Å². The summed E-state index contributed by atoms with van der Waals surface area (Å²) in [5.74, 6) is -2.19. The Kier molecular flexibility index (Phi) is 4.12. The van der Waals surface area contributed by atoms with Gasteiger partial charge in [0.1, 0.15) is 11.7 Å². The van der Waals surface area contributed by atoms with Crippen LogP contribution in [-0.4, -0.2) is 53.2 Å². The maximum absolute atomic E-state index is 11.9. The number of aliphatic carboxylic acids is 1. The smallest absolute Gasteiger partial charge is 0.315 e. The van der Waals surface area contributed by atoms with Gasteiger partial charge in [-0.2, -0.15) is 0 Å². The number of phenols is 1. The molecule has 1 aliphatic heterocycles. The predicted molar refractivity (Wildman–Crippen MR) is 73.7 cm³/mol. The van der Waals surface area contributed by atoms with E-state index >= 15 is 0 Å². The molecule has 1 aliphatic rings. The summed E-state index contributed by atoms with van der Waals surface area (Å²) in [7, 11) is 0. The van der Waals surface area contributed by atoms with E-state index in [0.717, 1.165) is 5.69 Å². The number of carboxylic acid groups (broad SMARTS) is 1. The maximum Gasteiger partial charge on any atom is 0.315 e. The molecule has 2 rings (SSSR count). The van der Waals surface area contributed by atoms with Crippen LogP contribution >= 0.6 is 0 Å². The number of anilines is 1. The lowest BCUT2D eigenvalue weighted by Crippen LogP contribution is -2.51. The quantitative estimate of drug-likeness (QED) is 0.798. The Morgan fingerprint density at radius 2 is 1.65 bits per heavy atom. The van der Waals surface area contributed by atoms with Crippen LogP contribution in [0.2, 0.25) is 0 Å². The Hall–Kier alpha value is -2.24. The molecule has 0 spiro atoms. The van der Waals surface area contributed by atoms with Crippen LogP contribution in [0.5, 0.6) is 5.75 Å². The second-order valence-corrected chi connectivity index (χ2v) is 4.89. The largest absolute Gasteiger partial charge is 0.508 e. The van der Waals surface area contributed by atoms with Gasteiger partial charge in [0, 0.05) is 31.9 Å². The zero-order valence-electron chi connectivity index (χ0n) is 11.3. The van der Waals surface area contributed by atoms with Crippen LogP contribution in [0.15, 0.2) is 24.3 Å². The fraction of sp³-hybridized carbons (Fsp3) is 0.429. The fourth-order valence-corrected chi connectivity index (χ4v) is 2.23. The van der Waals surface area contributed by atoms with E-state index in [4.69, 9.17) is 5.11 Å². The maximum atomic E-state index is 11.9. The standard InChI is InChI=1S/C14H18N2O4/c1-10(14(19)20)13(18)16-8-6-15(7-9-16)11-2-4-12(17)5-3-11/h2-5,10,17H,6-9H2,1H3,(H,19,20). The first-order chi connectivity index (χ1) is 9.49. The minimum absolute atomic E-state index is 0.220. The Morgan fingerprint density at radius 3 is 2.15 bits per heavy atom. The van der Waals surface area contributed by atoms with E-state index in [9.17, 15) is 14.7 Å². The van der Waals surface area contributed by atoms with Gasteiger partial charge in [-0.15, -0.1) is 0 Å². The minimum Gasteiger partial charge on any atom is -0.508 e. The molecule has 1 heterocycles. The molecule has 108 valence electrons. The van der Waals surface area contributed by atoms with E-state index in [1.54, 1.807) is 17.0 Å². The van der Waals surface area contributed by atoms with E-state index in [2.05, 4.69) is 4.90 Å². The highest BCUT2D eigenvalue weighted by molar-refractivity contribution is 5.96. The van der Waals surface area contributed by atoms with E-state index in [-0.39, 0.29) is 11.7 Å². The highest BCUT2D eigenvalue weighted by Gasteiger charge is 2.28. The van der Waals surface area contributed by atoms with Crippen LogP contribution in [0.25, 0.3) is 0 Å². The molecule has 1 aromatic rings. The molecule has 1 atom stereocenters. The summed E-state index contributed by atoms with van der Waals surface area (Å²) in [6.07, 6.45) is 0. The van der Waals surface area contributed by atoms with Gasteiger partial charge in [0.15, 0.2) is 0 Å². The molecule has 0 radical (unpaired) electrons. The van der Waals surface area contributed by atoms with Crippen LogP contribution in [0.4, 0.5) is 5.69 Å². The molecule has 6 nitrogen and oxygen atoms in total. The number of hydrogen-bond acceptors (Lipinski definition) is 4. The summed E-state index contributed by atoms with van der Waals surface area (Å²) >= 11 is 0. The van der Waals surface area contributed by atoms with Crippen molar-refractivity contribution in [2.75, 3.05) is 31.1 Å². The number of carbonyl (C=O) groups excluding carboxylic acids is 1. The number of phenolic OH excluding ortho intramolecular Hbond substituents is 1. The van der Waals surface area contributed by atoms with Crippen molar-refractivity contribution >= 4 is 17.6 Å². The molecule has 0 aromatic heterocycles. The predicted octanol–water partition coefficient (Wildman–Crippen LogP) is 0.761. The number of benzene rings is 1. The lowest BCUT2D eigenvalue weighted by Gasteiger charge is -2.36. The lowest BCUT2D eigenvalue weighted by molar-refractivity contribution is -0.150. The van der Waals surface area contributed by atoms with Crippen LogP contribution in [0, 0.1) is 5.92 Å². The third-order valence-electron chi connectivity index (χ3n) is 3.55.